The van der Waals surface area contributed by atoms with Crippen molar-refractivity contribution in [2.24, 2.45) is 0 Å². The zero-order valence-electron chi connectivity index (χ0n) is 10.0. The third-order valence-corrected chi connectivity index (χ3v) is 2.77. The number of hydrogen-bond acceptors (Lipinski definition) is 3. The number of aromatic nitrogens is 1. The van der Waals surface area contributed by atoms with Gasteiger partial charge < -0.3 is 9.84 Å². The summed E-state index contributed by atoms with van der Waals surface area (Å²) in [5.74, 6) is 0.671. The number of pyridine rings is 1. The number of hydrogen-bond donors (Lipinski definition) is 1. The van der Waals surface area contributed by atoms with Gasteiger partial charge in [0.25, 0.3) is 0 Å². The monoisotopic (exact) mass is 263 g/mol. The summed E-state index contributed by atoms with van der Waals surface area (Å²) in [6.45, 7) is 2.46. The third kappa shape index (κ3) is 2.81. The van der Waals surface area contributed by atoms with Crippen molar-refractivity contribution in [3.05, 3.63) is 58.9 Å². The molecule has 3 nitrogen and oxygen atoms in total. The smallest absolute Gasteiger partial charge is 0.125 e. The molecule has 0 aliphatic carbocycles. The van der Waals surface area contributed by atoms with Gasteiger partial charge in [0.2, 0.25) is 0 Å². The van der Waals surface area contributed by atoms with Crippen molar-refractivity contribution in [1.82, 2.24) is 4.98 Å². The van der Waals surface area contributed by atoms with Gasteiger partial charge in [-0.3, -0.25) is 4.98 Å². The molecule has 1 atom stereocenters. The lowest BCUT2D eigenvalue weighted by Gasteiger charge is -2.15. The number of benzene rings is 1. The highest BCUT2D eigenvalue weighted by Gasteiger charge is 2.16. The number of rotatable bonds is 4. The molecule has 0 saturated carbocycles. The Morgan fingerprint density at radius 1 is 1.28 bits per heavy atom. The number of aliphatic hydroxyl groups excluding tert-OH is 1. The number of nitrogens with zero attached hydrogens (tertiary/aromatic N) is 1. The van der Waals surface area contributed by atoms with Gasteiger partial charge in [0.1, 0.15) is 11.9 Å². The van der Waals surface area contributed by atoms with E-state index in [2.05, 4.69) is 4.98 Å². The van der Waals surface area contributed by atoms with E-state index in [9.17, 15) is 5.11 Å². The summed E-state index contributed by atoms with van der Waals surface area (Å²) >= 11 is 5.77. The molecule has 1 heterocycles. The molecule has 2 rings (SSSR count). The third-order valence-electron chi connectivity index (χ3n) is 2.54. The molecule has 0 saturated heterocycles. The van der Waals surface area contributed by atoms with E-state index in [1.54, 1.807) is 12.1 Å². The normalized spacial score (nSPS) is 12.2. The zero-order valence-corrected chi connectivity index (χ0v) is 10.8. The van der Waals surface area contributed by atoms with E-state index in [-0.39, 0.29) is 0 Å². The van der Waals surface area contributed by atoms with Gasteiger partial charge in [0.05, 0.1) is 17.3 Å². The second-order valence-corrected chi connectivity index (χ2v) is 4.21. The molecule has 1 aromatic carbocycles. The highest BCUT2D eigenvalue weighted by Crippen LogP contribution is 2.29. The Labute approximate surface area is 111 Å². The zero-order chi connectivity index (χ0) is 13.0. The molecule has 0 amide bonds. The number of aliphatic hydroxyl groups is 1. The summed E-state index contributed by atoms with van der Waals surface area (Å²) in [6.07, 6.45) is 0.702. The summed E-state index contributed by atoms with van der Waals surface area (Å²) < 4.78 is 5.49. The molecule has 0 bridgehead atoms. The molecule has 94 valence electrons. The fraction of sp³-hybridized carbons (Fsp3) is 0.214. The Bertz CT molecular complexity index is 513. The van der Waals surface area contributed by atoms with E-state index in [4.69, 9.17) is 16.3 Å². The van der Waals surface area contributed by atoms with Crippen LogP contribution in [0.4, 0.5) is 0 Å². The first-order chi connectivity index (χ1) is 8.72. The lowest BCUT2D eigenvalue weighted by molar-refractivity contribution is 0.207. The maximum absolute atomic E-state index is 10.3. The Hall–Kier alpha value is -1.58. The molecular weight excluding hydrogens is 250 g/mol. The first kappa shape index (κ1) is 12.9. The fourth-order valence-electron chi connectivity index (χ4n) is 1.70. The first-order valence-electron chi connectivity index (χ1n) is 5.73. The summed E-state index contributed by atoms with van der Waals surface area (Å²) in [6, 6.07) is 10.8. The van der Waals surface area contributed by atoms with E-state index in [1.807, 2.05) is 31.2 Å². The van der Waals surface area contributed by atoms with Gasteiger partial charge in [-0.05, 0) is 25.1 Å². The van der Waals surface area contributed by atoms with Crippen molar-refractivity contribution in [2.75, 3.05) is 6.61 Å². The van der Waals surface area contributed by atoms with Crippen LogP contribution in [0.25, 0.3) is 0 Å². The van der Waals surface area contributed by atoms with Crippen molar-refractivity contribution in [2.45, 2.75) is 13.0 Å². The van der Waals surface area contributed by atoms with Crippen LogP contribution in [0.2, 0.25) is 5.02 Å². The van der Waals surface area contributed by atoms with Crippen LogP contribution in [-0.4, -0.2) is 16.7 Å². The molecule has 0 spiro atoms. The van der Waals surface area contributed by atoms with E-state index < -0.39 is 6.10 Å². The Morgan fingerprint density at radius 3 is 2.72 bits per heavy atom. The molecule has 0 fully saturated rings. The van der Waals surface area contributed by atoms with E-state index >= 15 is 0 Å². The van der Waals surface area contributed by atoms with Gasteiger partial charge >= 0.3 is 0 Å². The van der Waals surface area contributed by atoms with Crippen LogP contribution in [0.3, 0.4) is 0 Å². The Kier molecular flexibility index (Phi) is 4.18. The number of ether oxygens (including phenoxy) is 1. The maximum atomic E-state index is 10.3. The second kappa shape index (κ2) is 5.85. The van der Waals surface area contributed by atoms with Gasteiger partial charge in [-0.1, -0.05) is 29.8 Å². The number of halogens is 1. The Balaban J connectivity index is 2.33. The molecule has 1 unspecified atom stereocenters. The number of para-hydroxylation sites is 1. The summed E-state index contributed by atoms with van der Waals surface area (Å²) in [5, 5.41) is 10.9. The van der Waals surface area contributed by atoms with Crippen molar-refractivity contribution in [1.29, 1.82) is 0 Å². The van der Waals surface area contributed by atoms with Crippen LogP contribution < -0.4 is 4.74 Å². The minimum atomic E-state index is -0.815. The molecule has 4 heteroatoms. The highest BCUT2D eigenvalue weighted by atomic mass is 35.5. The molecule has 1 N–H and O–H groups in total. The second-order valence-electron chi connectivity index (χ2n) is 3.77. The Morgan fingerprint density at radius 2 is 2.06 bits per heavy atom. The lowest BCUT2D eigenvalue weighted by atomic mass is 10.1. The summed E-state index contributed by atoms with van der Waals surface area (Å²) in [5.41, 5.74) is 1.25. The van der Waals surface area contributed by atoms with Gasteiger partial charge in [-0.15, -0.1) is 0 Å². The maximum Gasteiger partial charge on any atom is 0.125 e. The van der Waals surface area contributed by atoms with E-state index in [0.717, 1.165) is 0 Å². The van der Waals surface area contributed by atoms with Crippen LogP contribution in [0, 0.1) is 0 Å². The average Bonchev–Trinajstić information content (AvgIpc) is 2.40. The molecule has 0 aliphatic rings. The van der Waals surface area contributed by atoms with Crippen LogP contribution in [-0.2, 0) is 0 Å². The van der Waals surface area contributed by atoms with E-state index in [0.29, 0.717) is 28.6 Å². The summed E-state index contributed by atoms with van der Waals surface area (Å²) in [7, 11) is 0. The minimum Gasteiger partial charge on any atom is -0.493 e. The first-order valence-corrected chi connectivity index (χ1v) is 6.11. The lowest BCUT2D eigenvalue weighted by Crippen LogP contribution is -2.05. The topological polar surface area (TPSA) is 42.4 Å². The molecule has 1 aromatic heterocycles. The average molecular weight is 264 g/mol. The molecular formula is C14H14ClNO2. The van der Waals surface area contributed by atoms with Crippen LogP contribution in [0.5, 0.6) is 5.75 Å². The van der Waals surface area contributed by atoms with Crippen molar-refractivity contribution in [3.8, 4) is 5.75 Å². The predicted octanol–water partition coefficient (Wildman–Crippen LogP) is 3.22. The van der Waals surface area contributed by atoms with Gasteiger partial charge in [0.15, 0.2) is 0 Å². The van der Waals surface area contributed by atoms with Crippen LogP contribution >= 0.6 is 11.6 Å². The van der Waals surface area contributed by atoms with Crippen molar-refractivity contribution < 1.29 is 9.84 Å². The minimum absolute atomic E-state index is 0.545. The molecule has 18 heavy (non-hydrogen) atoms. The summed E-state index contributed by atoms with van der Waals surface area (Å²) in [4.78, 5) is 4.12. The van der Waals surface area contributed by atoms with Crippen LogP contribution in [0.15, 0.2) is 42.6 Å². The SMILES string of the molecule is CCOc1ccccc1C(O)c1ccc(Cl)cn1. The standard InChI is InChI=1S/C14H14ClNO2/c1-2-18-13-6-4-3-5-11(13)14(17)12-8-7-10(15)9-16-12/h3-9,14,17H,2H2,1H3. The largest absolute Gasteiger partial charge is 0.493 e. The quantitative estimate of drug-likeness (QED) is 0.921. The molecule has 0 radical (unpaired) electrons. The van der Waals surface area contributed by atoms with Crippen molar-refractivity contribution in [3.63, 3.8) is 0 Å². The van der Waals surface area contributed by atoms with Gasteiger partial charge in [-0.2, -0.15) is 0 Å². The fourth-order valence-corrected chi connectivity index (χ4v) is 1.81. The van der Waals surface area contributed by atoms with Crippen molar-refractivity contribution >= 4 is 11.6 Å². The highest BCUT2D eigenvalue weighted by molar-refractivity contribution is 6.30. The molecule has 2 aromatic rings. The predicted molar refractivity (Wildman–Crippen MR) is 70.9 cm³/mol. The van der Waals surface area contributed by atoms with E-state index in [1.165, 1.54) is 6.20 Å². The van der Waals surface area contributed by atoms with Gasteiger partial charge in [-0.25, -0.2) is 0 Å². The van der Waals surface area contributed by atoms with Crippen LogP contribution in [0.1, 0.15) is 24.3 Å². The molecule has 0 aliphatic heterocycles. The van der Waals surface area contributed by atoms with Gasteiger partial charge in [0, 0.05) is 11.8 Å².